The summed E-state index contributed by atoms with van der Waals surface area (Å²) in [5, 5.41) is 10.6. The Balaban J connectivity index is 1.33. The molecule has 0 N–H and O–H groups in total. The van der Waals surface area contributed by atoms with Gasteiger partial charge in [0.15, 0.2) is 0 Å². The summed E-state index contributed by atoms with van der Waals surface area (Å²) >= 11 is 1.88. The van der Waals surface area contributed by atoms with E-state index in [1.54, 1.807) is 0 Å². The van der Waals surface area contributed by atoms with E-state index in [2.05, 4.69) is 121 Å². The lowest BCUT2D eigenvalue weighted by molar-refractivity contribution is 0.635. The van der Waals surface area contributed by atoms with E-state index >= 15 is 0 Å². The number of hydrogen-bond acceptors (Lipinski definition) is 3. The molecule has 0 radical (unpaired) electrons. The lowest BCUT2D eigenvalue weighted by Gasteiger charge is -2.16. The third kappa shape index (κ3) is 3.17. The predicted octanol–water partition coefficient (Wildman–Crippen LogP) is 12.3. The zero-order chi connectivity index (χ0) is 28.1. The van der Waals surface area contributed by atoms with Crippen LogP contribution in [0.1, 0.15) is 0 Å². The molecular formula is C40H22O2S. The van der Waals surface area contributed by atoms with E-state index in [-0.39, 0.29) is 0 Å². The third-order valence-electron chi connectivity index (χ3n) is 8.88. The number of hydrogen-bond donors (Lipinski definition) is 0. The van der Waals surface area contributed by atoms with Gasteiger partial charge in [-0.05, 0) is 57.4 Å². The number of fused-ring (bicyclic) bond motifs is 10. The first-order valence-electron chi connectivity index (χ1n) is 14.5. The first-order valence-corrected chi connectivity index (χ1v) is 15.3. The first-order chi connectivity index (χ1) is 21.3. The van der Waals surface area contributed by atoms with E-state index in [0.29, 0.717) is 0 Å². The van der Waals surface area contributed by atoms with Gasteiger partial charge < -0.3 is 8.83 Å². The fourth-order valence-corrected chi connectivity index (χ4v) is 8.28. The Labute approximate surface area is 250 Å². The van der Waals surface area contributed by atoms with E-state index in [0.717, 1.165) is 44.2 Å². The molecule has 0 spiro atoms. The van der Waals surface area contributed by atoms with Gasteiger partial charge >= 0.3 is 0 Å². The van der Waals surface area contributed by atoms with Gasteiger partial charge in [0.05, 0.1) is 5.39 Å². The molecule has 0 atom stereocenters. The number of benzene rings is 7. The van der Waals surface area contributed by atoms with Crippen molar-refractivity contribution < 1.29 is 8.83 Å². The molecule has 200 valence electrons. The molecule has 0 unspecified atom stereocenters. The summed E-state index contributed by atoms with van der Waals surface area (Å²) in [6.07, 6.45) is 0. The summed E-state index contributed by atoms with van der Waals surface area (Å²) < 4.78 is 15.7. The molecule has 0 saturated carbocycles. The average molecular weight is 567 g/mol. The van der Waals surface area contributed by atoms with Gasteiger partial charge in [-0.2, -0.15) is 0 Å². The highest BCUT2D eigenvalue weighted by atomic mass is 32.1. The van der Waals surface area contributed by atoms with E-state index < -0.39 is 0 Å². The van der Waals surface area contributed by atoms with Crippen molar-refractivity contribution in [1.29, 1.82) is 0 Å². The topological polar surface area (TPSA) is 26.3 Å². The molecule has 2 nitrogen and oxygen atoms in total. The van der Waals surface area contributed by atoms with Crippen LogP contribution < -0.4 is 0 Å². The molecule has 43 heavy (non-hydrogen) atoms. The summed E-state index contributed by atoms with van der Waals surface area (Å²) in [6.45, 7) is 0. The van der Waals surface area contributed by atoms with Crippen molar-refractivity contribution in [2.45, 2.75) is 0 Å². The van der Waals surface area contributed by atoms with Crippen LogP contribution in [0.5, 0.6) is 0 Å². The molecule has 3 aromatic heterocycles. The summed E-state index contributed by atoms with van der Waals surface area (Å²) in [5.74, 6) is 0.867. The standard InChI is InChI=1S/C40H22O2S/c1-3-13-27-25(11-1)36(31-17-9-16-29-24-10-6-8-19-35(24)43-40(29)31)26-12-2-4-14-28(26)37(27)34-22-23-20-21-33-38(39(23)42-34)30-15-5-7-18-32(30)41-33/h1-22H. The van der Waals surface area contributed by atoms with Crippen LogP contribution in [-0.4, -0.2) is 0 Å². The lowest BCUT2D eigenvalue weighted by Crippen LogP contribution is -1.90. The van der Waals surface area contributed by atoms with Crippen LogP contribution in [0.15, 0.2) is 142 Å². The Kier molecular flexibility index (Phi) is 4.63. The maximum absolute atomic E-state index is 6.85. The molecule has 10 rings (SSSR count). The monoisotopic (exact) mass is 566 g/mol. The summed E-state index contributed by atoms with van der Waals surface area (Å²) in [7, 11) is 0. The van der Waals surface area contributed by atoms with Crippen molar-refractivity contribution >= 4 is 86.0 Å². The largest absolute Gasteiger partial charge is 0.456 e. The molecule has 3 heteroatoms. The first kappa shape index (κ1) is 23.2. The zero-order valence-corrected chi connectivity index (χ0v) is 23.7. The van der Waals surface area contributed by atoms with Gasteiger partial charge in [-0.15, -0.1) is 11.3 Å². The summed E-state index contributed by atoms with van der Waals surface area (Å²) in [5.41, 5.74) is 6.25. The van der Waals surface area contributed by atoms with Gasteiger partial charge in [-0.25, -0.2) is 0 Å². The molecule has 7 aromatic carbocycles. The van der Waals surface area contributed by atoms with Gasteiger partial charge in [0, 0.05) is 42.1 Å². The normalized spacial score (nSPS) is 12.2. The number of rotatable bonds is 2. The maximum atomic E-state index is 6.85. The number of thiophene rings is 1. The lowest BCUT2D eigenvalue weighted by atomic mass is 9.87. The Bertz CT molecular complexity index is 2680. The number of furan rings is 2. The van der Waals surface area contributed by atoms with Gasteiger partial charge in [0.2, 0.25) is 0 Å². The highest BCUT2D eigenvalue weighted by Crippen LogP contribution is 2.49. The van der Waals surface area contributed by atoms with Crippen LogP contribution in [0.25, 0.3) is 97.1 Å². The summed E-state index contributed by atoms with van der Waals surface area (Å²) in [6, 6.07) is 47.6. The molecule has 0 aliphatic heterocycles. The van der Waals surface area contributed by atoms with E-state index in [9.17, 15) is 0 Å². The predicted molar refractivity (Wildman–Crippen MR) is 182 cm³/mol. The van der Waals surface area contributed by atoms with Crippen molar-refractivity contribution in [1.82, 2.24) is 0 Å². The third-order valence-corrected chi connectivity index (χ3v) is 10.1. The van der Waals surface area contributed by atoms with Crippen LogP contribution in [0.4, 0.5) is 0 Å². The van der Waals surface area contributed by atoms with Crippen LogP contribution in [0.3, 0.4) is 0 Å². The van der Waals surface area contributed by atoms with E-state index in [1.807, 2.05) is 23.5 Å². The average Bonchev–Trinajstić information content (AvgIpc) is 3.76. The minimum Gasteiger partial charge on any atom is -0.456 e. The Morgan fingerprint density at radius 2 is 1.07 bits per heavy atom. The minimum absolute atomic E-state index is 0.844. The highest BCUT2D eigenvalue weighted by Gasteiger charge is 2.22. The quantitative estimate of drug-likeness (QED) is 0.195. The van der Waals surface area contributed by atoms with E-state index in [1.165, 1.54) is 52.8 Å². The molecular weight excluding hydrogens is 545 g/mol. The van der Waals surface area contributed by atoms with Gasteiger partial charge in [-0.1, -0.05) is 103 Å². The molecule has 0 aliphatic rings. The van der Waals surface area contributed by atoms with E-state index in [4.69, 9.17) is 8.83 Å². The van der Waals surface area contributed by atoms with Crippen LogP contribution in [0, 0.1) is 0 Å². The maximum Gasteiger partial charge on any atom is 0.146 e. The van der Waals surface area contributed by atoms with Gasteiger partial charge in [0.1, 0.15) is 22.5 Å². The summed E-state index contributed by atoms with van der Waals surface area (Å²) in [4.78, 5) is 0. The van der Waals surface area contributed by atoms with Crippen LogP contribution in [-0.2, 0) is 0 Å². The molecule has 0 aliphatic carbocycles. The fourth-order valence-electron chi connectivity index (χ4n) is 7.06. The molecule has 0 amide bonds. The van der Waals surface area contributed by atoms with Crippen molar-refractivity contribution in [2.24, 2.45) is 0 Å². The minimum atomic E-state index is 0.844. The fraction of sp³-hybridized carbons (Fsp3) is 0. The molecule has 0 fully saturated rings. The van der Waals surface area contributed by atoms with Crippen molar-refractivity contribution in [3.05, 3.63) is 133 Å². The second-order valence-electron chi connectivity index (χ2n) is 11.2. The Hall–Kier alpha value is -5.38. The van der Waals surface area contributed by atoms with Crippen molar-refractivity contribution in [3.8, 4) is 22.5 Å². The molecule has 10 aromatic rings. The zero-order valence-electron chi connectivity index (χ0n) is 22.9. The van der Waals surface area contributed by atoms with Gasteiger partial charge in [0.25, 0.3) is 0 Å². The smallest absolute Gasteiger partial charge is 0.146 e. The van der Waals surface area contributed by atoms with Crippen molar-refractivity contribution in [3.63, 3.8) is 0 Å². The Morgan fingerprint density at radius 3 is 1.84 bits per heavy atom. The SMILES string of the molecule is c1ccc2c(c1)oc1ccc3cc(-c4c5ccccc5c(-c5cccc6c5sc5ccccc56)c5ccccc45)oc3c12. The highest BCUT2D eigenvalue weighted by molar-refractivity contribution is 7.26. The molecule has 3 heterocycles. The molecule has 0 bridgehead atoms. The van der Waals surface area contributed by atoms with Crippen LogP contribution >= 0.6 is 11.3 Å². The Morgan fingerprint density at radius 1 is 0.442 bits per heavy atom. The number of para-hydroxylation sites is 1. The molecule has 0 saturated heterocycles. The van der Waals surface area contributed by atoms with Crippen LogP contribution in [0.2, 0.25) is 0 Å². The van der Waals surface area contributed by atoms with Crippen molar-refractivity contribution in [2.75, 3.05) is 0 Å². The second-order valence-corrected chi connectivity index (χ2v) is 12.2. The van der Waals surface area contributed by atoms with Gasteiger partial charge in [-0.3, -0.25) is 0 Å². The second kappa shape index (κ2) is 8.57.